The van der Waals surface area contributed by atoms with Gasteiger partial charge in [0.25, 0.3) is 5.91 Å². The van der Waals surface area contributed by atoms with Gasteiger partial charge in [0.15, 0.2) is 11.6 Å². The quantitative estimate of drug-likeness (QED) is 0.390. The molecule has 17 heavy (non-hydrogen) atoms. The zero-order valence-electron chi connectivity index (χ0n) is 9.17. The standard InChI is InChI=1S/C10H13F2N3O2/c1-17-9-4-6(11)5(2-7(9)12)3-8(13)10(16)15-14/h2,4,8H,3,13-14H2,1H3,(H,15,16). The van der Waals surface area contributed by atoms with E-state index >= 15 is 0 Å². The molecule has 5 N–H and O–H groups in total. The summed E-state index contributed by atoms with van der Waals surface area (Å²) >= 11 is 0. The first-order valence-electron chi connectivity index (χ1n) is 4.77. The third-order valence-electron chi connectivity index (χ3n) is 2.24. The minimum atomic E-state index is -1.04. The Bertz CT molecular complexity index is 426. The van der Waals surface area contributed by atoms with Crippen molar-refractivity contribution in [3.63, 3.8) is 0 Å². The predicted octanol–water partition coefficient (Wildman–Crippen LogP) is -0.167. The van der Waals surface area contributed by atoms with Gasteiger partial charge < -0.3 is 10.5 Å². The SMILES string of the molecule is COc1cc(F)c(CC(N)C(=O)NN)cc1F. The molecule has 1 unspecified atom stereocenters. The van der Waals surface area contributed by atoms with Crippen LogP contribution in [-0.4, -0.2) is 19.1 Å². The molecule has 0 aliphatic heterocycles. The average molecular weight is 245 g/mol. The zero-order valence-corrected chi connectivity index (χ0v) is 9.17. The summed E-state index contributed by atoms with van der Waals surface area (Å²) in [5, 5.41) is 0. The molecular formula is C10H13F2N3O2. The second kappa shape index (κ2) is 5.55. The first kappa shape index (κ1) is 13.3. The van der Waals surface area contributed by atoms with E-state index in [0.717, 1.165) is 12.1 Å². The highest BCUT2D eigenvalue weighted by atomic mass is 19.1. The fourth-order valence-electron chi connectivity index (χ4n) is 1.32. The highest BCUT2D eigenvalue weighted by Gasteiger charge is 2.17. The molecule has 0 bridgehead atoms. The van der Waals surface area contributed by atoms with Crippen molar-refractivity contribution < 1.29 is 18.3 Å². The van der Waals surface area contributed by atoms with E-state index in [-0.39, 0.29) is 17.7 Å². The van der Waals surface area contributed by atoms with Crippen LogP contribution in [-0.2, 0) is 11.2 Å². The molecule has 0 aromatic heterocycles. The molecule has 1 rings (SSSR count). The summed E-state index contributed by atoms with van der Waals surface area (Å²) in [6, 6.07) is 0.803. The lowest BCUT2D eigenvalue weighted by molar-refractivity contribution is -0.122. The summed E-state index contributed by atoms with van der Waals surface area (Å²) in [5.41, 5.74) is 7.26. The van der Waals surface area contributed by atoms with E-state index in [1.165, 1.54) is 7.11 Å². The van der Waals surface area contributed by atoms with Gasteiger partial charge in [0, 0.05) is 6.07 Å². The van der Waals surface area contributed by atoms with Gasteiger partial charge in [0.05, 0.1) is 13.2 Å². The Morgan fingerprint density at radius 2 is 2.12 bits per heavy atom. The van der Waals surface area contributed by atoms with Gasteiger partial charge in [-0.2, -0.15) is 0 Å². The van der Waals surface area contributed by atoms with Gasteiger partial charge in [-0.3, -0.25) is 10.2 Å². The van der Waals surface area contributed by atoms with E-state index in [9.17, 15) is 13.6 Å². The van der Waals surface area contributed by atoms with E-state index < -0.39 is 23.6 Å². The van der Waals surface area contributed by atoms with E-state index in [1.807, 2.05) is 5.43 Å². The van der Waals surface area contributed by atoms with Gasteiger partial charge in [-0.1, -0.05) is 0 Å². The number of halogens is 2. The number of rotatable bonds is 4. The van der Waals surface area contributed by atoms with E-state index in [4.69, 9.17) is 11.6 Å². The maximum Gasteiger partial charge on any atom is 0.251 e. The summed E-state index contributed by atoms with van der Waals surface area (Å²) in [6.07, 6.45) is -0.157. The molecule has 0 heterocycles. The van der Waals surface area contributed by atoms with Gasteiger partial charge in [-0.15, -0.1) is 0 Å². The normalized spacial score (nSPS) is 12.1. The molecule has 5 nitrogen and oxygen atoms in total. The summed E-state index contributed by atoms with van der Waals surface area (Å²) in [7, 11) is 1.23. The van der Waals surface area contributed by atoms with Crippen molar-refractivity contribution in [1.82, 2.24) is 5.43 Å². The number of nitrogens with two attached hydrogens (primary N) is 2. The second-order valence-electron chi connectivity index (χ2n) is 3.40. The second-order valence-corrected chi connectivity index (χ2v) is 3.40. The van der Waals surface area contributed by atoms with Crippen LogP contribution in [0.15, 0.2) is 12.1 Å². The number of benzene rings is 1. The van der Waals surface area contributed by atoms with Gasteiger partial charge in [0.1, 0.15) is 5.82 Å². The fourth-order valence-corrected chi connectivity index (χ4v) is 1.32. The lowest BCUT2D eigenvalue weighted by Gasteiger charge is -2.11. The van der Waals surface area contributed by atoms with Crippen molar-refractivity contribution in [3.05, 3.63) is 29.3 Å². The number of carbonyl (C=O) groups is 1. The van der Waals surface area contributed by atoms with Gasteiger partial charge in [-0.25, -0.2) is 14.6 Å². The third kappa shape index (κ3) is 3.11. The number of amides is 1. The number of hydrogen-bond donors (Lipinski definition) is 3. The highest BCUT2D eigenvalue weighted by molar-refractivity contribution is 5.81. The van der Waals surface area contributed by atoms with Crippen molar-refractivity contribution in [1.29, 1.82) is 0 Å². The monoisotopic (exact) mass is 245 g/mol. The molecule has 1 aromatic carbocycles. The number of hydrogen-bond acceptors (Lipinski definition) is 4. The van der Waals surface area contributed by atoms with Crippen LogP contribution in [0, 0.1) is 11.6 Å². The molecule has 0 aliphatic carbocycles. The maximum absolute atomic E-state index is 13.5. The van der Waals surface area contributed by atoms with Crippen LogP contribution < -0.4 is 21.7 Å². The molecule has 0 fully saturated rings. The Balaban J connectivity index is 2.92. The largest absolute Gasteiger partial charge is 0.494 e. The van der Waals surface area contributed by atoms with Crippen LogP contribution in [0.3, 0.4) is 0 Å². The molecule has 94 valence electrons. The Labute approximate surface area is 96.7 Å². The summed E-state index contributed by atoms with van der Waals surface area (Å²) in [4.78, 5) is 11.0. The van der Waals surface area contributed by atoms with E-state index in [2.05, 4.69) is 4.74 Å². The van der Waals surface area contributed by atoms with Crippen LogP contribution >= 0.6 is 0 Å². The maximum atomic E-state index is 13.5. The number of nitrogens with one attached hydrogen (secondary N) is 1. The van der Waals surface area contributed by atoms with E-state index in [1.54, 1.807) is 0 Å². The molecule has 1 amide bonds. The zero-order chi connectivity index (χ0) is 13.0. The molecule has 0 radical (unpaired) electrons. The molecule has 0 saturated carbocycles. The van der Waals surface area contributed by atoms with Crippen molar-refractivity contribution in [2.75, 3.05) is 7.11 Å². The van der Waals surface area contributed by atoms with Crippen molar-refractivity contribution in [3.8, 4) is 5.75 Å². The molecule has 1 atom stereocenters. The topological polar surface area (TPSA) is 90.4 Å². The first-order valence-corrected chi connectivity index (χ1v) is 4.77. The number of ether oxygens (including phenoxy) is 1. The molecular weight excluding hydrogens is 232 g/mol. The minimum absolute atomic E-state index is 0.0144. The van der Waals surface area contributed by atoms with Crippen LogP contribution in [0.4, 0.5) is 8.78 Å². The van der Waals surface area contributed by atoms with Crippen molar-refractivity contribution in [2.24, 2.45) is 11.6 Å². The van der Waals surface area contributed by atoms with Gasteiger partial charge >= 0.3 is 0 Å². The molecule has 1 aromatic rings. The Morgan fingerprint density at radius 1 is 1.47 bits per heavy atom. The van der Waals surface area contributed by atoms with Crippen molar-refractivity contribution >= 4 is 5.91 Å². The molecule has 7 heteroatoms. The number of hydrazine groups is 1. The number of carbonyl (C=O) groups excluding carboxylic acids is 1. The lowest BCUT2D eigenvalue weighted by atomic mass is 10.0. The summed E-state index contributed by atoms with van der Waals surface area (Å²) < 4.78 is 31.4. The van der Waals surface area contributed by atoms with E-state index in [0.29, 0.717) is 0 Å². The molecule has 0 spiro atoms. The molecule has 0 aliphatic rings. The van der Waals surface area contributed by atoms with Crippen LogP contribution in [0.2, 0.25) is 0 Å². The Hall–Kier alpha value is -1.73. The predicted molar refractivity (Wildman–Crippen MR) is 56.9 cm³/mol. The lowest BCUT2D eigenvalue weighted by Crippen LogP contribution is -2.45. The Kier molecular flexibility index (Phi) is 4.36. The first-order chi connectivity index (χ1) is 7.99. The Morgan fingerprint density at radius 3 is 2.65 bits per heavy atom. The van der Waals surface area contributed by atoms with Gasteiger partial charge in [0.2, 0.25) is 0 Å². The van der Waals surface area contributed by atoms with Crippen molar-refractivity contribution in [2.45, 2.75) is 12.5 Å². The van der Waals surface area contributed by atoms with Crippen LogP contribution in [0.1, 0.15) is 5.56 Å². The number of methoxy groups -OCH3 is 1. The van der Waals surface area contributed by atoms with Gasteiger partial charge in [-0.05, 0) is 18.1 Å². The summed E-state index contributed by atoms with van der Waals surface area (Å²) in [5.74, 6) is 2.61. The van der Waals surface area contributed by atoms with Crippen LogP contribution in [0.25, 0.3) is 0 Å². The van der Waals surface area contributed by atoms with Crippen LogP contribution in [0.5, 0.6) is 5.75 Å². The summed E-state index contributed by atoms with van der Waals surface area (Å²) in [6.45, 7) is 0. The highest BCUT2D eigenvalue weighted by Crippen LogP contribution is 2.21. The third-order valence-corrected chi connectivity index (χ3v) is 2.24. The minimum Gasteiger partial charge on any atom is -0.494 e. The smallest absolute Gasteiger partial charge is 0.251 e. The molecule has 0 saturated heterocycles. The average Bonchev–Trinajstić information content (AvgIpc) is 2.32. The fraction of sp³-hybridized carbons (Fsp3) is 0.300.